The predicted octanol–water partition coefficient (Wildman–Crippen LogP) is 4.33. The number of anilines is 2. The Hall–Kier alpha value is -1.45. The van der Waals surface area contributed by atoms with Crippen molar-refractivity contribution in [3.05, 3.63) is 57.8 Å². The molecule has 0 atom stereocenters. The summed E-state index contributed by atoms with van der Waals surface area (Å²) in [5, 5.41) is 3.95. The lowest BCUT2D eigenvalue weighted by atomic mass is 10.2. The monoisotopic (exact) mass is 284 g/mol. The van der Waals surface area contributed by atoms with Crippen LogP contribution in [0, 0.1) is 5.82 Å². The molecule has 0 saturated carbocycles. The maximum absolute atomic E-state index is 13.0. The number of hydrogen-bond acceptors (Lipinski definition) is 2. The van der Waals surface area contributed by atoms with Crippen molar-refractivity contribution in [2.75, 3.05) is 11.1 Å². The van der Waals surface area contributed by atoms with E-state index in [2.05, 4.69) is 5.32 Å². The summed E-state index contributed by atoms with van der Waals surface area (Å²) in [5.41, 5.74) is 7.51. The molecular formula is C13H11Cl2FN2. The second-order valence-corrected chi connectivity index (χ2v) is 4.66. The molecule has 2 rings (SSSR count). The molecule has 0 aliphatic carbocycles. The van der Waals surface area contributed by atoms with Crippen LogP contribution >= 0.6 is 23.2 Å². The smallest absolute Gasteiger partial charge is 0.123 e. The molecule has 0 unspecified atom stereocenters. The highest BCUT2D eigenvalue weighted by Crippen LogP contribution is 2.33. The molecule has 18 heavy (non-hydrogen) atoms. The summed E-state index contributed by atoms with van der Waals surface area (Å²) in [6.45, 7) is 0.432. The standard InChI is InChI=1S/C13H11Cl2FN2/c14-11-5-10(17)6-12(15)13(11)18-7-8-2-1-3-9(16)4-8/h1-6,18H,7,17H2. The van der Waals surface area contributed by atoms with Crippen LogP contribution in [0.1, 0.15) is 5.56 Å². The minimum Gasteiger partial charge on any atom is -0.399 e. The van der Waals surface area contributed by atoms with Crippen LogP contribution in [0.3, 0.4) is 0 Å². The number of halogens is 3. The first-order valence-corrected chi connectivity index (χ1v) is 6.04. The summed E-state index contributed by atoms with van der Waals surface area (Å²) in [4.78, 5) is 0. The Morgan fingerprint density at radius 1 is 1.11 bits per heavy atom. The summed E-state index contributed by atoms with van der Waals surface area (Å²) in [5.74, 6) is -0.274. The van der Waals surface area contributed by atoms with Crippen molar-refractivity contribution in [2.24, 2.45) is 0 Å². The first kappa shape index (κ1) is 13.0. The van der Waals surface area contributed by atoms with E-state index in [1.807, 2.05) is 6.07 Å². The second-order valence-electron chi connectivity index (χ2n) is 3.84. The number of benzene rings is 2. The third kappa shape index (κ3) is 3.06. The number of nitrogens with two attached hydrogens (primary N) is 1. The van der Waals surface area contributed by atoms with E-state index in [0.717, 1.165) is 5.56 Å². The van der Waals surface area contributed by atoms with Crippen molar-refractivity contribution in [1.82, 2.24) is 0 Å². The molecule has 0 aromatic heterocycles. The van der Waals surface area contributed by atoms with E-state index in [0.29, 0.717) is 28.0 Å². The lowest BCUT2D eigenvalue weighted by Gasteiger charge is -2.11. The Morgan fingerprint density at radius 3 is 2.39 bits per heavy atom. The molecule has 94 valence electrons. The maximum atomic E-state index is 13.0. The number of nitrogen functional groups attached to an aromatic ring is 1. The normalized spacial score (nSPS) is 10.4. The SMILES string of the molecule is Nc1cc(Cl)c(NCc2cccc(F)c2)c(Cl)c1. The average Bonchev–Trinajstić information content (AvgIpc) is 2.27. The predicted molar refractivity (Wildman–Crippen MR) is 74.6 cm³/mol. The third-order valence-corrected chi connectivity index (χ3v) is 3.02. The fourth-order valence-electron chi connectivity index (χ4n) is 1.60. The highest BCUT2D eigenvalue weighted by Gasteiger charge is 2.07. The van der Waals surface area contributed by atoms with Gasteiger partial charge in [0.25, 0.3) is 0 Å². The van der Waals surface area contributed by atoms with Gasteiger partial charge in [0.05, 0.1) is 15.7 Å². The van der Waals surface area contributed by atoms with Crippen molar-refractivity contribution in [3.63, 3.8) is 0 Å². The molecule has 0 aliphatic rings. The summed E-state index contributed by atoms with van der Waals surface area (Å²) in [6.07, 6.45) is 0. The molecule has 0 fully saturated rings. The Balaban J connectivity index is 2.16. The van der Waals surface area contributed by atoms with Crippen molar-refractivity contribution in [2.45, 2.75) is 6.54 Å². The number of rotatable bonds is 3. The van der Waals surface area contributed by atoms with Gasteiger partial charge in [-0.15, -0.1) is 0 Å². The van der Waals surface area contributed by atoms with Gasteiger partial charge in [-0.25, -0.2) is 4.39 Å². The van der Waals surface area contributed by atoms with Gasteiger partial charge in [0, 0.05) is 12.2 Å². The molecule has 0 aliphatic heterocycles. The van der Waals surface area contributed by atoms with Gasteiger partial charge in [-0.3, -0.25) is 0 Å². The van der Waals surface area contributed by atoms with Crippen LogP contribution < -0.4 is 11.1 Å². The van der Waals surface area contributed by atoms with E-state index >= 15 is 0 Å². The van der Waals surface area contributed by atoms with E-state index in [1.54, 1.807) is 18.2 Å². The van der Waals surface area contributed by atoms with Gasteiger partial charge in [0.2, 0.25) is 0 Å². The van der Waals surface area contributed by atoms with Crippen LogP contribution in [0.25, 0.3) is 0 Å². The highest BCUT2D eigenvalue weighted by atomic mass is 35.5. The zero-order valence-electron chi connectivity index (χ0n) is 9.38. The molecule has 2 aromatic rings. The lowest BCUT2D eigenvalue weighted by molar-refractivity contribution is 0.626. The van der Waals surface area contributed by atoms with Gasteiger partial charge in [0.1, 0.15) is 5.82 Å². The van der Waals surface area contributed by atoms with Crippen LogP contribution in [0.15, 0.2) is 36.4 Å². The zero-order valence-corrected chi connectivity index (χ0v) is 10.9. The van der Waals surface area contributed by atoms with E-state index in [-0.39, 0.29) is 5.82 Å². The van der Waals surface area contributed by atoms with Crippen LogP contribution in [0.2, 0.25) is 10.0 Å². The molecular weight excluding hydrogens is 274 g/mol. The van der Waals surface area contributed by atoms with Crippen LogP contribution in [-0.2, 0) is 6.54 Å². The minimum atomic E-state index is -0.274. The quantitative estimate of drug-likeness (QED) is 0.824. The molecule has 0 radical (unpaired) electrons. The summed E-state index contributed by atoms with van der Waals surface area (Å²) in [7, 11) is 0. The molecule has 0 bridgehead atoms. The first-order chi connectivity index (χ1) is 8.56. The minimum absolute atomic E-state index is 0.274. The van der Waals surface area contributed by atoms with Crippen molar-refractivity contribution < 1.29 is 4.39 Å². The molecule has 5 heteroatoms. The summed E-state index contributed by atoms with van der Waals surface area (Å²) < 4.78 is 13.0. The van der Waals surface area contributed by atoms with Gasteiger partial charge < -0.3 is 11.1 Å². The highest BCUT2D eigenvalue weighted by molar-refractivity contribution is 6.39. The molecule has 0 saturated heterocycles. The van der Waals surface area contributed by atoms with Crippen molar-refractivity contribution in [1.29, 1.82) is 0 Å². The van der Waals surface area contributed by atoms with E-state index in [1.165, 1.54) is 12.1 Å². The van der Waals surface area contributed by atoms with Crippen LogP contribution in [-0.4, -0.2) is 0 Å². The molecule has 2 aromatic carbocycles. The van der Waals surface area contributed by atoms with Gasteiger partial charge in [-0.2, -0.15) is 0 Å². The molecule has 0 spiro atoms. The third-order valence-electron chi connectivity index (χ3n) is 2.42. The Bertz CT molecular complexity index is 550. The zero-order chi connectivity index (χ0) is 13.1. The topological polar surface area (TPSA) is 38.0 Å². The Morgan fingerprint density at radius 2 is 1.78 bits per heavy atom. The summed E-state index contributed by atoms with van der Waals surface area (Å²) >= 11 is 12.1. The molecule has 3 N–H and O–H groups in total. The molecule has 2 nitrogen and oxygen atoms in total. The fourth-order valence-corrected chi connectivity index (χ4v) is 2.24. The van der Waals surface area contributed by atoms with Gasteiger partial charge >= 0.3 is 0 Å². The fraction of sp³-hybridized carbons (Fsp3) is 0.0769. The second kappa shape index (κ2) is 5.46. The van der Waals surface area contributed by atoms with Crippen molar-refractivity contribution in [3.8, 4) is 0 Å². The van der Waals surface area contributed by atoms with Gasteiger partial charge in [0.15, 0.2) is 0 Å². The van der Waals surface area contributed by atoms with E-state index in [4.69, 9.17) is 28.9 Å². The Labute approximate surface area is 115 Å². The summed E-state index contributed by atoms with van der Waals surface area (Å²) in [6, 6.07) is 9.54. The maximum Gasteiger partial charge on any atom is 0.123 e. The van der Waals surface area contributed by atoms with Crippen LogP contribution in [0.5, 0.6) is 0 Å². The largest absolute Gasteiger partial charge is 0.399 e. The van der Waals surface area contributed by atoms with E-state index in [9.17, 15) is 4.39 Å². The van der Waals surface area contributed by atoms with Crippen molar-refractivity contribution >= 4 is 34.6 Å². The molecule has 0 heterocycles. The van der Waals surface area contributed by atoms with Gasteiger partial charge in [-0.1, -0.05) is 35.3 Å². The number of nitrogens with one attached hydrogen (secondary N) is 1. The first-order valence-electron chi connectivity index (χ1n) is 5.29. The van der Waals surface area contributed by atoms with Gasteiger partial charge in [-0.05, 0) is 29.8 Å². The van der Waals surface area contributed by atoms with Crippen LogP contribution in [0.4, 0.5) is 15.8 Å². The van der Waals surface area contributed by atoms with E-state index < -0.39 is 0 Å². The average molecular weight is 285 g/mol. The Kier molecular flexibility index (Phi) is 3.94. The lowest BCUT2D eigenvalue weighted by Crippen LogP contribution is -2.01. The molecule has 0 amide bonds. The number of hydrogen-bond donors (Lipinski definition) is 2.